The number of carbonyl (C=O) groups is 3. The molecule has 1 N–H and O–H groups in total. The minimum atomic E-state index is -0.500. The van der Waals surface area contributed by atoms with Gasteiger partial charge in [-0.3, -0.25) is 14.4 Å². The molecule has 8 heteroatoms. The summed E-state index contributed by atoms with van der Waals surface area (Å²) < 4.78 is 5.36. The van der Waals surface area contributed by atoms with Crippen molar-refractivity contribution >= 4 is 45.7 Å². The van der Waals surface area contributed by atoms with Crippen LogP contribution in [0.2, 0.25) is 0 Å². The van der Waals surface area contributed by atoms with E-state index in [1.165, 1.54) is 22.5 Å². The highest BCUT2D eigenvalue weighted by Crippen LogP contribution is 2.48. The van der Waals surface area contributed by atoms with Crippen molar-refractivity contribution < 1.29 is 18.8 Å². The maximum atomic E-state index is 13.2. The minimum Gasteiger partial charge on any atom is -0.461 e. The molecule has 158 valence electrons. The molecule has 30 heavy (non-hydrogen) atoms. The molecule has 6 nitrogen and oxygen atoms in total. The second kappa shape index (κ2) is 7.27. The van der Waals surface area contributed by atoms with Crippen LogP contribution in [-0.4, -0.2) is 39.2 Å². The molecular formula is C22H24N2O4S2. The lowest BCUT2D eigenvalue weighted by Crippen LogP contribution is -2.48. The van der Waals surface area contributed by atoms with E-state index in [1.807, 2.05) is 6.92 Å². The van der Waals surface area contributed by atoms with Gasteiger partial charge in [0.15, 0.2) is 5.76 Å². The van der Waals surface area contributed by atoms with Crippen LogP contribution in [0, 0.1) is 5.92 Å². The molecule has 0 aromatic carbocycles. The molecule has 5 rings (SSSR count). The van der Waals surface area contributed by atoms with E-state index in [4.69, 9.17) is 4.42 Å². The number of anilines is 1. The first-order chi connectivity index (χ1) is 14.4. The van der Waals surface area contributed by atoms with Gasteiger partial charge in [-0.2, -0.15) is 0 Å². The Kier molecular flexibility index (Phi) is 4.82. The van der Waals surface area contributed by atoms with Crippen LogP contribution < -0.4 is 5.32 Å². The molecule has 2 fully saturated rings. The zero-order valence-electron chi connectivity index (χ0n) is 17.0. The smallest absolute Gasteiger partial charge is 0.248 e. The predicted molar refractivity (Wildman–Crippen MR) is 117 cm³/mol. The van der Waals surface area contributed by atoms with E-state index in [1.54, 1.807) is 28.8 Å². The van der Waals surface area contributed by atoms with Gasteiger partial charge in [-0.15, -0.1) is 23.1 Å². The molecule has 2 saturated heterocycles. The molecule has 2 aromatic heterocycles. The van der Waals surface area contributed by atoms with Crippen molar-refractivity contribution in [2.45, 2.75) is 56.9 Å². The monoisotopic (exact) mass is 444 g/mol. The topological polar surface area (TPSA) is 79.6 Å². The van der Waals surface area contributed by atoms with Gasteiger partial charge >= 0.3 is 0 Å². The molecule has 1 aliphatic carbocycles. The van der Waals surface area contributed by atoms with Crippen LogP contribution in [0.25, 0.3) is 0 Å². The number of hydrogen-bond donors (Lipinski definition) is 1. The van der Waals surface area contributed by atoms with Crippen LogP contribution in [0.1, 0.15) is 59.7 Å². The Morgan fingerprint density at radius 3 is 2.93 bits per heavy atom. The zero-order chi connectivity index (χ0) is 21.0. The Bertz CT molecular complexity index is 1030. The Labute approximate surface area is 183 Å². The number of fused-ring (bicyclic) bond motifs is 2. The van der Waals surface area contributed by atoms with Crippen LogP contribution >= 0.6 is 23.1 Å². The molecule has 0 radical (unpaired) electrons. The average molecular weight is 445 g/mol. The van der Waals surface area contributed by atoms with Crippen molar-refractivity contribution in [2.24, 2.45) is 5.92 Å². The number of amides is 2. The second-order valence-electron chi connectivity index (χ2n) is 8.62. The van der Waals surface area contributed by atoms with E-state index in [0.717, 1.165) is 31.2 Å². The molecule has 0 spiro atoms. The maximum Gasteiger partial charge on any atom is 0.248 e. The van der Waals surface area contributed by atoms with E-state index >= 15 is 0 Å². The normalized spacial score (nSPS) is 27.8. The zero-order valence-corrected chi connectivity index (χ0v) is 18.7. The number of nitrogens with one attached hydrogen (secondary N) is 1. The van der Waals surface area contributed by atoms with E-state index in [-0.39, 0.29) is 28.2 Å². The lowest BCUT2D eigenvalue weighted by atomic mass is 9.87. The number of thiophene rings is 1. The summed E-state index contributed by atoms with van der Waals surface area (Å²) in [7, 11) is 0. The molecule has 4 heterocycles. The molecule has 0 bridgehead atoms. The lowest BCUT2D eigenvalue weighted by molar-refractivity contribution is -0.135. The highest BCUT2D eigenvalue weighted by Gasteiger charge is 2.53. The van der Waals surface area contributed by atoms with E-state index in [0.29, 0.717) is 28.7 Å². The first kappa shape index (κ1) is 19.9. The molecule has 3 aliphatic rings. The highest BCUT2D eigenvalue weighted by molar-refractivity contribution is 8.01. The van der Waals surface area contributed by atoms with Gasteiger partial charge in [0.25, 0.3) is 0 Å². The Hall–Kier alpha value is -2.06. The van der Waals surface area contributed by atoms with Gasteiger partial charge in [0.1, 0.15) is 11.0 Å². The first-order valence-corrected chi connectivity index (χ1v) is 12.2. The number of thioether (sulfide) groups is 1. The third-order valence-electron chi connectivity index (χ3n) is 6.47. The molecule has 3 atom stereocenters. The second-order valence-corrected chi connectivity index (χ2v) is 11.2. The number of rotatable bonds is 4. The summed E-state index contributed by atoms with van der Waals surface area (Å²) in [6, 6.07) is 2.85. The lowest BCUT2D eigenvalue weighted by Gasteiger charge is -2.29. The van der Waals surface area contributed by atoms with Crippen molar-refractivity contribution in [3.05, 3.63) is 40.2 Å². The van der Waals surface area contributed by atoms with Gasteiger partial charge in [-0.25, -0.2) is 0 Å². The maximum absolute atomic E-state index is 13.2. The summed E-state index contributed by atoms with van der Waals surface area (Å²) in [6.07, 6.45) is 5.51. The van der Waals surface area contributed by atoms with Crippen LogP contribution in [-0.2, 0) is 22.4 Å². The van der Waals surface area contributed by atoms with Crippen molar-refractivity contribution in [3.63, 3.8) is 0 Å². The molecule has 2 amide bonds. The summed E-state index contributed by atoms with van der Waals surface area (Å²) in [5.74, 6) is 1.06. The van der Waals surface area contributed by atoms with Gasteiger partial charge in [0, 0.05) is 17.1 Å². The fourth-order valence-corrected chi connectivity index (χ4v) is 7.66. The van der Waals surface area contributed by atoms with Gasteiger partial charge in [0.05, 0.1) is 16.7 Å². The SMILES string of the molecule is CC1CCc2c(sc(NC(=O)C3CSC4(C)CCC(=O)N34)c2C(=O)c2ccco2)C1. The fraction of sp³-hybridized carbons (Fsp3) is 0.500. The number of ketones is 1. The highest BCUT2D eigenvalue weighted by atomic mass is 32.2. The number of hydrogen-bond acceptors (Lipinski definition) is 6. The molecule has 3 unspecified atom stereocenters. The molecule has 2 aromatic rings. The van der Waals surface area contributed by atoms with Gasteiger partial charge in [-0.05, 0) is 56.2 Å². The summed E-state index contributed by atoms with van der Waals surface area (Å²) in [5, 5.41) is 3.62. The van der Waals surface area contributed by atoms with E-state index in [9.17, 15) is 14.4 Å². The Morgan fingerprint density at radius 1 is 1.33 bits per heavy atom. The fourth-order valence-electron chi connectivity index (χ4n) is 4.82. The number of carbonyl (C=O) groups excluding carboxylic acids is 3. The van der Waals surface area contributed by atoms with Crippen molar-refractivity contribution in [1.82, 2.24) is 4.90 Å². The van der Waals surface area contributed by atoms with Crippen LogP contribution in [0.3, 0.4) is 0 Å². The standard InChI is InChI=1S/C22H24N2O4S2/c1-12-5-6-13-16(10-12)30-21(18(13)19(26)15-4-3-9-28-15)23-20(27)14-11-29-22(2)8-7-17(25)24(14)22/h3-4,9,12,14H,5-8,10-11H2,1-2H3,(H,23,27). The first-order valence-electron chi connectivity index (χ1n) is 10.4. The summed E-state index contributed by atoms with van der Waals surface area (Å²) in [4.78, 5) is 41.5. The van der Waals surface area contributed by atoms with Crippen molar-refractivity contribution in [3.8, 4) is 0 Å². The van der Waals surface area contributed by atoms with Crippen LogP contribution in [0.4, 0.5) is 5.00 Å². The average Bonchev–Trinajstić information content (AvgIpc) is 3.46. The number of furan rings is 1. The Balaban J connectivity index is 1.48. The van der Waals surface area contributed by atoms with Gasteiger partial charge in [0.2, 0.25) is 17.6 Å². The molecule has 0 saturated carbocycles. The molecule has 2 aliphatic heterocycles. The van der Waals surface area contributed by atoms with E-state index in [2.05, 4.69) is 12.2 Å². The summed E-state index contributed by atoms with van der Waals surface area (Å²) >= 11 is 3.17. The van der Waals surface area contributed by atoms with E-state index < -0.39 is 6.04 Å². The van der Waals surface area contributed by atoms with Crippen molar-refractivity contribution in [1.29, 1.82) is 0 Å². The third-order valence-corrected chi connectivity index (χ3v) is 9.14. The summed E-state index contributed by atoms with van der Waals surface area (Å²) in [5.41, 5.74) is 1.60. The van der Waals surface area contributed by atoms with Gasteiger partial charge in [-0.1, -0.05) is 6.92 Å². The summed E-state index contributed by atoms with van der Waals surface area (Å²) in [6.45, 7) is 4.25. The van der Waals surface area contributed by atoms with Crippen LogP contribution in [0.15, 0.2) is 22.8 Å². The van der Waals surface area contributed by atoms with Crippen LogP contribution in [0.5, 0.6) is 0 Å². The largest absolute Gasteiger partial charge is 0.461 e. The third kappa shape index (κ3) is 3.12. The quantitative estimate of drug-likeness (QED) is 0.719. The van der Waals surface area contributed by atoms with Gasteiger partial charge < -0.3 is 14.6 Å². The Morgan fingerprint density at radius 2 is 2.17 bits per heavy atom. The van der Waals surface area contributed by atoms with Crippen molar-refractivity contribution in [2.75, 3.05) is 11.1 Å². The number of nitrogens with zero attached hydrogens (tertiary/aromatic N) is 1. The molecular weight excluding hydrogens is 420 g/mol. The predicted octanol–water partition coefficient (Wildman–Crippen LogP) is 4.09. The minimum absolute atomic E-state index is 0.0360.